The van der Waals surface area contributed by atoms with Gasteiger partial charge in [-0.2, -0.15) is 16.8 Å². The van der Waals surface area contributed by atoms with Crippen molar-refractivity contribution in [3.63, 3.8) is 0 Å². The van der Waals surface area contributed by atoms with E-state index in [2.05, 4.69) is 60.0 Å². The molecule has 12 heteroatoms. The van der Waals surface area contributed by atoms with E-state index < -0.39 is 20.2 Å². The molecule has 0 aliphatic carbocycles. The molecule has 0 bridgehead atoms. The van der Waals surface area contributed by atoms with Gasteiger partial charge in [-0.05, 0) is 55.7 Å². The maximum absolute atomic E-state index is 9.19. The fraction of sp³-hybridized carbons (Fsp3) is 0.478. The van der Waals surface area contributed by atoms with Gasteiger partial charge in [0.2, 0.25) is 0 Å². The number of nitrogens with zero attached hydrogens (tertiary/aromatic N) is 2. The van der Waals surface area contributed by atoms with E-state index in [4.69, 9.17) is 20.7 Å². The van der Waals surface area contributed by atoms with E-state index in [1.54, 1.807) is 0 Å². The van der Waals surface area contributed by atoms with Crippen LogP contribution in [0, 0.1) is 0 Å². The lowest BCUT2D eigenvalue weighted by Gasteiger charge is -2.41. The molecule has 2 aromatic carbocycles. The van der Waals surface area contributed by atoms with Crippen LogP contribution >= 0.6 is 23.4 Å². The van der Waals surface area contributed by atoms with Crippen LogP contribution in [0.1, 0.15) is 31.0 Å². The lowest BCUT2D eigenvalue weighted by atomic mass is 9.96. The smallest absolute Gasteiger partial charge is 0.261 e. The summed E-state index contributed by atoms with van der Waals surface area (Å²) in [5.41, 5.74) is 2.85. The minimum Gasteiger partial charge on any atom is -0.298 e. The van der Waals surface area contributed by atoms with Crippen LogP contribution in [0.4, 0.5) is 0 Å². The largest absolute Gasteiger partial charge is 0.298 e. The minimum atomic E-state index is -3.67. The first-order chi connectivity index (χ1) is 16.1. The SMILES string of the molecule is CC(C)N1CCN(C2Cc3ccccc3Sc3ccc(Cl)cc32)CC1.CS(=O)(=O)O.CS(=O)(=O)O. The van der Waals surface area contributed by atoms with E-state index in [1.807, 2.05) is 17.8 Å². The first-order valence-electron chi connectivity index (χ1n) is 11.0. The second kappa shape index (κ2) is 12.9. The van der Waals surface area contributed by atoms with Crippen LogP contribution in [0.2, 0.25) is 5.02 Å². The second-order valence-corrected chi connectivity index (χ2v) is 13.2. The molecule has 2 aliphatic rings. The summed E-state index contributed by atoms with van der Waals surface area (Å²) >= 11 is 8.26. The van der Waals surface area contributed by atoms with Crippen LogP contribution in [0.5, 0.6) is 0 Å². The van der Waals surface area contributed by atoms with Crippen molar-refractivity contribution in [2.24, 2.45) is 0 Å². The summed E-state index contributed by atoms with van der Waals surface area (Å²) < 4.78 is 51.7. The Balaban J connectivity index is 0.000000368. The molecule has 0 amide bonds. The standard InChI is InChI=1S/C21H25ClN2S.2CH4O3S/c1-15(2)23-9-11-24(12-10-23)19-13-16-5-3-4-6-20(16)25-21-8-7-17(22)14-18(19)21;2*1-5(2,3)4/h3-8,14-15,19H,9-13H2,1-2H3;2*1H3,(H,2,3,4). The summed E-state index contributed by atoms with van der Waals surface area (Å²) in [6.07, 6.45) is 2.50. The predicted molar refractivity (Wildman–Crippen MR) is 142 cm³/mol. The number of rotatable bonds is 2. The molecule has 1 unspecified atom stereocenters. The molecule has 1 atom stereocenters. The first kappa shape index (κ1) is 30.0. The van der Waals surface area contributed by atoms with Crippen LogP contribution in [-0.2, 0) is 26.7 Å². The number of piperazine rings is 1. The second-order valence-electron chi connectivity index (χ2n) is 8.74. The zero-order valence-electron chi connectivity index (χ0n) is 20.3. The third kappa shape index (κ3) is 11.2. The lowest BCUT2D eigenvalue weighted by molar-refractivity contribution is 0.0768. The summed E-state index contributed by atoms with van der Waals surface area (Å²) in [6, 6.07) is 16.3. The molecule has 0 saturated carbocycles. The molecule has 2 aromatic rings. The molecule has 1 fully saturated rings. The van der Waals surface area contributed by atoms with Crippen molar-refractivity contribution in [1.29, 1.82) is 0 Å². The van der Waals surface area contributed by atoms with Crippen molar-refractivity contribution in [3.8, 4) is 0 Å². The van der Waals surface area contributed by atoms with E-state index in [1.165, 1.54) is 20.9 Å². The number of fused-ring (bicyclic) bond motifs is 2. The number of hydrogen-bond acceptors (Lipinski definition) is 7. The van der Waals surface area contributed by atoms with Crippen LogP contribution < -0.4 is 0 Å². The van der Waals surface area contributed by atoms with E-state index in [0.717, 1.165) is 37.6 Å². The van der Waals surface area contributed by atoms with Crippen LogP contribution in [0.25, 0.3) is 0 Å². The van der Waals surface area contributed by atoms with Gasteiger partial charge in [-0.3, -0.25) is 18.9 Å². The molecule has 2 N–H and O–H groups in total. The Hall–Kier alpha value is -1.18. The molecule has 8 nitrogen and oxygen atoms in total. The Morgan fingerprint density at radius 3 is 2.00 bits per heavy atom. The zero-order valence-corrected chi connectivity index (χ0v) is 23.5. The van der Waals surface area contributed by atoms with Gasteiger partial charge >= 0.3 is 0 Å². The van der Waals surface area contributed by atoms with Gasteiger partial charge in [0.05, 0.1) is 12.5 Å². The third-order valence-electron chi connectivity index (χ3n) is 5.46. The highest BCUT2D eigenvalue weighted by atomic mass is 35.5. The minimum absolute atomic E-state index is 0.416. The van der Waals surface area contributed by atoms with Gasteiger partial charge in [0.1, 0.15) is 0 Å². The monoisotopic (exact) mass is 564 g/mol. The Bertz CT molecular complexity index is 1150. The Labute approximate surface area is 218 Å². The highest BCUT2D eigenvalue weighted by molar-refractivity contribution is 7.99. The van der Waals surface area contributed by atoms with E-state index in [9.17, 15) is 16.8 Å². The zero-order chi connectivity index (χ0) is 26.4. The fourth-order valence-corrected chi connectivity index (χ4v) is 5.27. The topological polar surface area (TPSA) is 115 Å². The molecule has 35 heavy (non-hydrogen) atoms. The van der Waals surface area contributed by atoms with Crippen LogP contribution in [0.3, 0.4) is 0 Å². The number of halogens is 1. The van der Waals surface area contributed by atoms with Crippen molar-refractivity contribution < 1.29 is 25.9 Å². The Morgan fingerprint density at radius 2 is 1.46 bits per heavy atom. The van der Waals surface area contributed by atoms with Crippen molar-refractivity contribution in [1.82, 2.24) is 9.80 Å². The average Bonchev–Trinajstić information content (AvgIpc) is 2.88. The van der Waals surface area contributed by atoms with Crippen molar-refractivity contribution >= 4 is 43.6 Å². The Kier molecular flexibility index (Phi) is 11.0. The van der Waals surface area contributed by atoms with Gasteiger partial charge in [0, 0.05) is 53.1 Å². The van der Waals surface area contributed by atoms with E-state index in [-0.39, 0.29) is 0 Å². The Morgan fingerprint density at radius 1 is 0.914 bits per heavy atom. The van der Waals surface area contributed by atoms with Crippen LogP contribution in [0.15, 0.2) is 52.3 Å². The van der Waals surface area contributed by atoms with Gasteiger partial charge in [0.25, 0.3) is 20.2 Å². The van der Waals surface area contributed by atoms with Gasteiger partial charge in [-0.1, -0.05) is 41.6 Å². The fourth-order valence-electron chi connectivity index (χ4n) is 3.97. The number of benzene rings is 2. The summed E-state index contributed by atoms with van der Waals surface area (Å²) in [7, 11) is -7.33. The highest BCUT2D eigenvalue weighted by Crippen LogP contribution is 2.43. The van der Waals surface area contributed by atoms with E-state index in [0.29, 0.717) is 24.6 Å². The molecular weight excluding hydrogens is 532 g/mol. The lowest BCUT2D eigenvalue weighted by Crippen LogP contribution is -2.50. The van der Waals surface area contributed by atoms with Gasteiger partial charge < -0.3 is 0 Å². The van der Waals surface area contributed by atoms with Crippen molar-refractivity contribution in [3.05, 3.63) is 58.6 Å². The summed E-state index contributed by atoms with van der Waals surface area (Å²) in [5, 5.41) is 0.844. The van der Waals surface area contributed by atoms with Crippen LogP contribution in [-0.4, -0.2) is 80.5 Å². The third-order valence-corrected chi connectivity index (χ3v) is 6.90. The van der Waals surface area contributed by atoms with Crippen molar-refractivity contribution in [2.75, 3.05) is 38.7 Å². The van der Waals surface area contributed by atoms with Crippen molar-refractivity contribution in [2.45, 2.75) is 42.1 Å². The summed E-state index contributed by atoms with van der Waals surface area (Å²) in [6.45, 7) is 9.15. The average molecular weight is 565 g/mol. The summed E-state index contributed by atoms with van der Waals surface area (Å²) in [5.74, 6) is 0. The number of hydrogen-bond donors (Lipinski definition) is 2. The first-order valence-corrected chi connectivity index (χ1v) is 15.9. The molecule has 196 valence electrons. The maximum atomic E-state index is 9.19. The predicted octanol–water partition coefficient (Wildman–Crippen LogP) is 4.12. The molecule has 0 radical (unpaired) electrons. The van der Waals surface area contributed by atoms with Gasteiger partial charge in [-0.15, -0.1) is 0 Å². The molecule has 4 rings (SSSR count). The molecule has 2 aliphatic heterocycles. The van der Waals surface area contributed by atoms with Gasteiger partial charge in [-0.25, -0.2) is 0 Å². The normalized spacial score (nSPS) is 18.8. The van der Waals surface area contributed by atoms with Gasteiger partial charge in [0.15, 0.2) is 0 Å². The quantitative estimate of drug-likeness (QED) is 0.519. The highest BCUT2D eigenvalue weighted by Gasteiger charge is 2.30. The van der Waals surface area contributed by atoms with E-state index >= 15 is 0 Å². The molecule has 1 saturated heterocycles. The molecule has 0 aromatic heterocycles. The molecular formula is C23H33ClN2O6S3. The summed E-state index contributed by atoms with van der Waals surface area (Å²) in [4.78, 5) is 7.98. The molecule has 0 spiro atoms. The maximum Gasteiger partial charge on any atom is 0.261 e. The molecule has 2 heterocycles.